The number of nitrogens with zero attached hydrogens (tertiary/aromatic N) is 1. The molecule has 1 heterocycles. The minimum Gasteiger partial charge on any atom is -0.391 e. The fraction of sp³-hybridized carbons (Fsp3) is 0.444. The van der Waals surface area contributed by atoms with Crippen molar-refractivity contribution in [3.8, 4) is 0 Å². The smallest absolute Gasteiger partial charge is 0.181 e. The van der Waals surface area contributed by atoms with Gasteiger partial charge in [-0.15, -0.1) is 0 Å². The van der Waals surface area contributed by atoms with Crippen LogP contribution in [-0.4, -0.2) is 15.8 Å². The molecule has 66 valence electrons. The molecule has 0 spiro atoms. The minimum atomic E-state index is -0.410. The molecule has 1 rings (SSSR count). The predicted octanol–water partition coefficient (Wildman–Crippen LogP) is 0.790. The van der Waals surface area contributed by atoms with Gasteiger partial charge >= 0.3 is 0 Å². The normalized spacial score (nSPS) is 15.6. The maximum Gasteiger partial charge on any atom is 0.181 e. The highest BCUT2D eigenvalue weighted by atomic mass is 16.3. The SMILES string of the molecule is CC(O)C(C)n1ccc(=O)cc1. The zero-order valence-electron chi connectivity index (χ0n) is 7.27. The van der Waals surface area contributed by atoms with Crippen molar-refractivity contribution in [1.29, 1.82) is 0 Å². The molecule has 0 bridgehead atoms. The molecular weight excluding hydrogens is 154 g/mol. The second kappa shape index (κ2) is 3.54. The molecule has 0 aliphatic heterocycles. The van der Waals surface area contributed by atoms with E-state index in [4.69, 9.17) is 0 Å². The average molecular weight is 167 g/mol. The summed E-state index contributed by atoms with van der Waals surface area (Å²) in [6, 6.07) is 2.98. The molecule has 3 heteroatoms. The molecule has 0 fully saturated rings. The molecule has 2 atom stereocenters. The van der Waals surface area contributed by atoms with E-state index in [0.29, 0.717) is 0 Å². The van der Waals surface area contributed by atoms with Crippen LogP contribution < -0.4 is 5.43 Å². The third-order valence-electron chi connectivity index (χ3n) is 1.99. The maximum absolute atomic E-state index is 10.7. The summed E-state index contributed by atoms with van der Waals surface area (Å²) < 4.78 is 1.81. The van der Waals surface area contributed by atoms with Crippen LogP contribution in [0.15, 0.2) is 29.3 Å². The highest BCUT2D eigenvalue weighted by Gasteiger charge is 2.08. The van der Waals surface area contributed by atoms with Gasteiger partial charge in [0.1, 0.15) is 0 Å². The zero-order valence-corrected chi connectivity index (χ0v) is 7.27. The number of hydrogen-bond donors (Lipinski definition) is 1. The Hall–Kier alpha value is -1.09. The van der Waals surface area contributed by atoms with Crippen molar-refractivity contribution >= 4 is 0 Å². The summed E-state index contributed by atoms with van der Waals surface area (Å²) in [5.74, 6) is 0. The van der Waals surface area contributed by atoms with E-state index in [-0.39, 0.29) is 11.5 Å². The summed E-state index contributed by atoms with van der Waals surface area (Å²) in [7, 11) is 0. The molecule has 1 N–H and O–H groups in total. The van der Waals surface area contributed by atoms with Crippen molar-refractivity contribution in [2.45, 2.75) is 26.0 Å². The Morgan fingerprint density at radius 1 is 1.33 bits per heavy atom. The number of aliphatic hydroxyl groups is 1. The fourth-order valence-corrected chi connectivity index (χ4v) is 0.945. The highest BCUT2D eigenvalue weighted by Crippen LogP contribution is 2.08. The maximum atomic E-state index is 10.7. The number of hydrogen-bond acceptors (Lipinski definition) is 2. The van der Waals surface area contributed by atoms with Crippen LogP contribution in [0, 0.1) is 0 Å². The Balaban J connectivity index is 2.89. The first kappa shape index (κ1) is 9.00. The van der Waals surface area contributed by atoms with Crippen LogP contribution in [0.2, 0.25) is 0 Å². The zero-order chi connectivity index (χ0) is 9.14. The lowest BCUT2D eigenvalue weighted by Crippen LogP contribution is -2.18. The van der Waals surface area contributed by atoms with E-state index in [0.717, 1.165) is 0 Å². The fourth-order valence-electron chi connectivity index (χ4n) is 0.945. The van der Waals surface area contributed by atoms with E-state index in [1.807, 2.05) is 11.5 Å². The van der Waals surface area contributed by atoms with Crippen molar-refractivity contribution in [1.82, 2.24) is 4.57 Å². The molecule has 0 saturated carbocycles. The first-order valence-electron chi connectivity index (χ1n) is 3.97. The summed E-state index contributed by atoms with van der Waals surface area (Å²) in [4.78, 5) is 10.7. The van der Waals surface area contributed by atoms with E-state index in [2.05, 4.69) is 0 Å². The van der Waals surface area contributed by atoms with Gasteiger partial charge in [0.05, 0.1) is 12.1 Å². The van der Waals surface area contributed by atoms with Crippen LogP contribution >= 0.6 is 0 Å². The summed E-state index contributed by atoms with van der Waals surface area (Å²) in [5, 5.41) is 9.24. The lowest BCUT2D eigenvalue weighted by molar-refractivity contribution is 0.139. The van der Waals surface area contributed by atoms with E-state index in [1.54, 1.807) is 19.3 Å². The standard InChI is InChI=1S/C9H13NO2/c1-7(8(2)11)10-5-3-9(12)4-6-10/h3-8,11H,1-2H3. The monoisotopic (exact) mass is 167 g/mol. The third kappa shape index (κ3) is 1.95. The Kier molecular flexibility index (Phi) is 2.65. The summed E-state index contributed by atoms with van der Waals surface area (Å²) >= 11 is 0. The van der Waals surface area contributed by atoms with Crippen LogP contribution in [-0.2, 0) is 0 Å². The highest BCUT2D eigenvalue weighted by molar-refractivity contribution is 4.95. The predicted molar refractivity (Wildman–Crippen MR) is 47.1 cm³/mol. The van der Waals surface area contributed by atoms with Gasteiger partial charge in [-0.2, -0.15) is 0 Å². The van der Waals surface area contributed by atoms with Crippen LogP contribution in [0.4, 0.5) is 0 Å². The second-order valence-electron chi connectivity index (χ2n) is 2.96. The molecular formula is C9H13NO2. The summed E-state index contributed by atoms with van der Waals surface area (Å²) in [6.45, 7) is 3.62. The van der Waals surface area contributed by atoms with Crippen molar-refractivity contribution in [2.75, 3.05) is 0 Å². The quantitative estimate of drug-likeness (QED) is 0.707. The third-order valence-corrected chi connectivity index (χ3v) is 1.99. The van der Waals surface area contributed by atoms with Crippen molar-refractivity contribution < 1.29 is 5.11 Å². The van der Waals surface area contributed by atoms with Crippen molar-refractivity contribution in [3.05, 3.63) is 34.7 Å². The van der Waals surface area contributed by atoms with Gasteiger partial charge in [0.2, 0.25) is 0 Å². The van der Waals surface area contributed by atoms with Gasteiger partial charge in [0.25, 0.3) is 0 Å². The molecule has 3 nitrogen and oxygen atoms in total. The van der Waals surface area contributed by atoms with E-state index in [1.165, 1.54) is 12.1 Å². The molecule has 12 heavy (non-hydrogen) atoms. The average Bonchev–Trinajstić information content (AvgIpc) is 2.04. The van der Waals surface area contributed by atoms with E-state index < -0.39 is 6.10 Å². The van der Waals surface area contributed by atoms with Crippen LogP contribution in [0.3, 0.4) is 0 Å². The molecule has 0 saturated heterocycles. The molecule has 1 aromatic heterocycles. The lowest BCUT2D eigenvalue weighted by Gasteiger charge is -2.17. The van der Waals surface area contributed by atoms with Crippen molar-refractivity contribution in [2.24, 2.45) is 0 Å². The molecule has 0 aliphatic rings. The number of pyridine rings is 1. The Labute approximate surface area is 71.3 Å². The van der Waals surface area contributed by atoms with Crippen LogP contribution in [0.25, 0.3) is 0 Å². The Morgan fingerprint density at radius 2 is 1.83 bits per heavy atom. The molecule has 2 unspecified atom stereocenters. The first-order chi connectivity index (χ1) is 5.61. The largest absolute Gasteiger partial charge is 0.391 e. The molecule has 0 amide bonds. The van der Waals surface area contributed by atoms with Gasteiger partial charge < -0.3 is 9.67 Å². The van der Waals surface area contributed by atoms with Crippen molar-refractivity contribution in [3.63, 3.8) is 0 Å². The van der Waals surface area contributed by atoms with Crippen LogP contribution in [0.5, 0.6) is 0 Å². The minimum absolute atomic E-state index is 0.00519. The van der Waals surface area contributed by atoms with E-state index in [9.17, 15) is 9.90 Å². The van der Waals surface area contributed by atoms with Gasteiger partial charge in [-0.1, -0.05) is 0 Å². The van der Waals surface area contributed by atoms with Gasteiger partial charge in [0.15, 0.2) is 5.43 Å². The number of aromatic nitrogens is 1. The summed E-state index contributed by atoms with van der Waals surface area (Å²) in [5.41, 5.74) is -0.0101. The van der Waals surface area contributed by atoms with Gasteiger partial charge in [-0.05, 0) is 13.8 Å². The van der Waals surface area contributed by atoms with E-state index >= 15 is 0 Å². The topological polar surface area (TPSA) is 42.2 Å². The molecule has 0 aliphatic carbocycles. The van der Waals surface area contributed by atoms with Gasteiger partial charge in [-0.25, -0.2) is 0 Å². The van der Waals surface area contributed by atoms with Gasteiger partial charge in [0, 0.05) is 24.5 Å². The number of rotatable bonds is 2. The number of aliphatic hydroxyl groups excluding tert-OH is 1. The van der Waals surface area contributed by atoms with Crippen LogP contribution in [0.1, 0.15) is 19.9 Å². The lowest BCUT2D eigenvalue weighted by atomic mass is 10.2. The summed E-state index contributed by atoms with van der Waals surface area (Å²) in [6.07, 6.45) is 2.95. The molecule has 0 aromatic carbocycles. The Morgan fingerprint density at radius 3 is 2.25 bits per heavy atom. The molecule has 1 aromatic rings. The molecule has 0 radical (unpaired) electrons. The Bertz CT molecular complexity index is 283. The first-order valence-corrected chi connectivity index (χ1v) is 3.97. The van der Waals surface area contributed by atoms with Gasteiger partial charge in [-0.3, -0.25) is 4.79 Å². The second-order valence-corrected chi connectivity index (χ2v) is 2.96.